The van der Waals surface area contributed by atoms with E-state index in [-0.39, 0.29) is 0 Å². The van der Waals surface area contributed by atoms with Gasteiger partial charge in [0, 0.05) is 6.04 Å². The third kappa shape index (κ3) is 6.12. The van der Waals surface area contributed by atoms with Crippen LogP contribution in [0.2, 0.25) is 0 Å². The topological polar surface area (TPSA) is 69.6 Å². The van der Waals surface area contributed by atoms with Crippen LogP contribution in [0.1, 0.15) is 34.6 Å². The van der Waals surface area contributed by atoms with Gasteiger partial charge in [0.15, 0.2) is 0 Å². The lowest BCUT2D eigenvalue weighted by Gasteiger charge is -2.33. The van der Waals surface area contributed by atoms with Gasteiger partial charge < -0.3 is 15.3 Å². The first-order valence-electron chi connectivity index (χ1n) is 6.12. The van der Waals surface area contributed by atoms with Crippen LogP contribution in [0.25, 0.3) is 0 Å². The first-order valence-corrected chi connectivity index (χ1v) is 6.12. The summed E-state index contributed by atoms with van der Waals surface area (Å²) in [7, 11) is 0. The van der Waals surface area contributed by atoms with Gasteiger partial charge in [-0.15, -0.1) is 0 Å². The highest BCUT2D eigenvalue weighted by molar-refractivity contribution is 5.83. The van der Waals surface area contributed by atoms with E-state index >= 15 is 0 Å². The first kappa shape index (κ1) is 18.5. The average Bonchev–Trinajstić information content (AvgIpc) is 2.18. The molecule has 8 heteroatoms. The molecule has 0 aromatic carbocycles. The van der Waals surface area contributed by atoms with Crippen LogP contribution >= 0.6 is 0 Å². The standard InChI is InChI=1S/C12H21F3N2O3/c1-7(2)17(6-12(13,14)15)10(20)16-8(9(18)19)11(3,4)5/h7-8H,6H2,1-5H3,(H,16,20)(H,18,19)/t8-/m1/s1. The number of carboxylic acid groups (broad SMARTS) is 1. The van der Waals surface area contributed by atoms with Gasteiger partial charge in [0.05, 0.1) is 0 Å². The Balaban J connectivity index is 5.05. The van der Waals surface area contributed by atoms with Crippen molar-refractivity contribution in [1.82, 2.24) is 10.2 Å². The molecule has 0 aliphatic heterocycles. The molecule has 0 aromatic heterocycles. The summed E-state index contributed by atoms with van der Waals surface area (Å²) in [6.07, 6.45) is -4.54. The lowest BCUT2D eigenvalue weighted by atomic mass is 9.87. The fraction of sp³-hybridized carbons (Fsp3) is 0.833. The zero-order valence-electron chi connectivity index (χ0n) is 12.2. The van der Waals surface area contributed by atoms with E-state index in [1.165, 1.54) is 13.8 Å². The van der Waals surface area contributed by atoms with Gasteiger partial charge in [0.2, 0.25) is 0 Å². The maximum atomic E-state index is 12.4. The van der Waals surface area contributed by atoms with Crippen molar-refractivity contribution in [3.05, 3.63) is 0 Å². The number of urea groups is 1. The van der Waals surface area contributed by atoms with E-state index < -0.39 is 42.2 Å². The summed E-state index contributed by atoms with van der Waals surface area (Å²) in [5.74, 6) is -1.29. The largest absolute Gasteiger partial charge is 0.480 e. The maximum Gasteiger partial charge on any atom is 0.406 e. The molecule has 118 valence electrons. The summed E-state index contributed by atoms with van der Waals surface area (Å²) in [6.45, 7) is 6.17. The van der Waals surface area contributed by atoms with Crippen molar-refractivity contribution in [3.8, 4) is 0 Å². The molecular formula is C12H21F3N2O3. The molecule has 0 fully saturated rings. The molecule has 5 nitrogen and oxygen atoms in total. The second-order valence-corrected chi connectivity index (χ2v) is 5.92. The molecule has 2 N–H and O–H groups in total. The van der Waals surface area contributed by atoms with Gasteiger partial charge in [0.25, 0.3) is 0 Å². The third-order valence-electron chi connectivity index (χ3n) is 2.61. The minimum Gasteiger partial charge on any atom is -0.480 e. The van der Waals surface area contributed by atoms with Crippen LogP contribution in [0.5, 0.6) is 0 Å². The number of aliphatic carboxylic acids is 1. The predicted octanol–water partition coefficient (Wildman–Crippen LogP) is 2.47. The molecule has 0 unspecified atom stereocenters. The Morgan fingerprint density at radius 3 is 1.90 bits per heavy atom. The van der Waals surface area contributed by atoms with Crippen LogP contribution in [0.15, 0.2) is 0 Å². The molecule has 0 saturated carbocycles. The van der Waals surface area contributed by atoms with Gasteiger partial charge in [-0.05, 0) is 19.3 Å². The maximum absolute atomic E-state index is 12.4. The van der Waals surface area contributed by atoms with E-state index in [4.69, 9.17) is 5.11 Å². The van der Waals surface area contributed by atoms with Gasteiger partial charge in [-0.3, -0.25) is 0 Å². The fourth-order valence-electron chi connectivity index (χ4n) is 1.54. The predicted molar refractivity (Wildman–Crippen MR) is 67.3 cm³/mol. The molecule has 1 atom stereocenters. The SMILES string of the molecule is CC(C)N(CC(F)(F)F)C(=O)N[C@H](C(=O)O)C(C)(C)C. The second kappa shape index (κ2) is 6.32. The van der Waals surface area contributed by atoms with Gasteiger partial charge in [-0.25, -0.2) is 9.59 Å². The minimum atomic E-state index is -4.54. The lowest BCUT2D eigenvalue weighted by Crippen LogP contribution is -2.56. The summed E-state index contributed by atoms with van der Waals surface area (Å²) >= 11 is 0. The number of nitrogens with one attached hydrogen (secondary N) is 1. The van der Waals surface area contributed by atoms with Gasteiger partial charge >= 0.3 is 18.2 Å². The Bertz CT molecular complexity index is 362. The summed E-state index contributed by atoms with van der Waals surface area (Å²) in [5, 5.41) is 11.2. The highest BCUT2D eigenvalue weighted by atomic mass is 19.4. The normalized spacial score (nSPS) is 14.1. The number of hydrogen-bond acceptors (Lipinski definition) is 2. The third-order valence-corrected chi connectivity index (χ3v) is 2.61. The second-order valence-electron chi connectivity index (χ2n) is 5.92. The molecule has 0 bridgehead atoms. The van der Waals surface area contributed by atoms with Crippen molar-refractivity contribution in [2.75, 3.05) is 6.54 Å². The monoisotopic (exact) mass is 298 g/mol. The molecule has 0 heterocycles. The molecule has 0 spiro atoms. The van der Waals surface area contributed by atoms with E-state index in [9.17, 15) is 22.8 Å². The van der Waals surface area contributed by atoms with E-state index in [0.717, 1.165) is 0 Å². The number of carbonyl (C=O) groups is 2. The van der Waals surface area contributed by atoms with Gasteiger partial charge in [-0.1, -0.05) is 20.8 Å². The number of alkyl halides is 3. The van der Waals surface area contributed by atoms with Crippen molar-refractivity contribution in [3.63, 3.8) is 0 Å². The van der Waals surface area contributed by atoms with Crippen LogP contribution in [0, 0.1) is 5.41 Å². The highest BCUT2D eigenvalue weighted by Crippen LogP contribution is 2.21. The fourth-order valence-corrected chi connectivity index (χ4v) is 1.54. The van der Waals surface area contributed by atoms with Crippen molar-refractivity contribution in [2.45, 2.75) is 52.9 Å². The van der Waals surface area contributed by atoms with Crippen molar-refractivity contribution >= 4 is 12.0 Å². The van der Waals surface area contributed by atoms with E-state index in [2.05, 4.69) is 5.32 Å². The Labute approximate surface area is 116 Å². The number of nitrogens with zero attached hydrogens (tertiary/aromatic N) is 1. The molecule has 0 rings (SSSR count). The summed E-state index contributed by atoms with van der Waals surface area (Å²) in [6, 6.07) is -3.02. The number of amides is 2. The number of carbonyl (C=O) groups excluding carboxylic acids is 1. The molecule has 0 aliphatic carbocycles. The lowest BCUT2D eigenvalue weighted by molar-refractivity contribution is -0.144. The van der Waals surface area contributed by atoms with Crippen LogP contribution < -0.4 is 5.32 Å². The molecule has 0 saturated heterocycles. The Morgan fingerprint density at radius 1 is 1.20 bits per heavy atom. The van der Waals surface area contributed by atoms with Crippen molar-refractivity contribution < 1.29 is 27.9 Å². The molecule has 2 amide bonds. The number of halogens is 3. The van der Waals surface area contributed by atoms with Crippen LogP contribution in [0.4, 0.5) is 18.0 Å². The Morgan fingerprint density at radius 2 is 1.65 bits per heavy atom. The van der Waals surface area contributed by atoms with Crippen molar-refractivity contribution in [2.24, 2.45) is 5.41 Å². The summed E-state index contributed by atoms with van der Waals surface area (Å²) in [5.41, 5.74) is -0.817. The number of hydrogen-bond donors (Lipinski definition) is 2. The van der Waals surface area contributed by atoms with E-state index in [1.54, 1.807) is 20.8 Å². The summed E-state index contributed by atoms with van der Waals surface area (Å²) in [4.78, 5) is 23.5. The van der Waals surface area contributed by atoms with E-state index in [1.807, 2.05) is 0 Å². The van der Waals surface area contributed by atoms with Gasteiger partial charge in [0.1, 0.15) is 12.6 Å². The Kier molecular flexibility index (Phi) is 5.86. The van der Waals surface area contributed by atoms with Crippen molar-refractivity contribution in [1.29, 1.82) is 0 Å². The van der Waals surface area contributed by atoms with E-state index in [0.29, 0.717) is 4.90 Å². The zero-order valence-corrected chi connectivity index (χ0v) is 12.2. The van der Waals surface area contributed by atoms with Gasteiger partial charge in [-0.2, -0.15) is 13.2 Å². The quantitative estimate of drug-likeness (QED) is 0.837. The molecule has 20 heavy (non-hydrogen) atoms. The zero-order chi connectivity index (χ0) is 16.3. The Hall–Kier alpha value is -1.47. The number of rotatable bonds is 4. The molecule has 0 aliphatic rings. The van der Waals surface area contributed by atoms with Crippen LogP contribution in [-0.4, -0.2) is 46.8 Å². The smallest absolute Gasteiger partial charge is 0.406 e. The first-order chi connectivity index (χ1) is 8.75. The summed E-state index contributed by atoms with van der Waals surface area (Å²) < 4.78 is 37.3. The molecular weight excluding hydrogens is 277 g/mol. The molecule has 0 aromatic rings. The number of carboxylic acids is 1. The highest BCUT2D eigenvalue weighted by Gasteiger charge is 2.38. The minimum absolute atomic E-state index is 0.557. The van der Waals surface area contributed by atoms with Crippen LogP contribution in [0.3, 0.4) is 0 Å². The molecule has 0 radical (unpaired) electrons. The average molecular weight is 298 g/mol. The van der Waals surface area contributed by atoms with Crippen LogP contribution in [-0.2, 0) is 4.79 Å².